The summed E-state index contributed by atoms with van der Waals surface area (Å²) < 4.78 is 38.8. The van der Waals surface area contributed by atoms with Crippen molar-refractivity contribution in [2.75, 3.05) is 14.2 Å². The van der Waals surface area contributed by atoms with E-state index in [2.05, 4.69) is 10.6 Å². The number of hydrogen-bond donors (Lipinski definition) is 1. The smallest absolute Gasteiger partial charge is 0.398 e. The van der Waals surface area contributed by atoms with E-state index in [0.717, 1.165) is 17.7 Å². The molecule has 0 saturated heterocycles. The Hall–Kier alpha value is -2.91. The highest BCUT2D eigenvalue weighted by Crippen LogP contribution is 2.32. The average Bonchev–Trinajstić information content (AvgIpc) is 2.70. The second-order valence-electron chi connectivity index (χ2n) is 6.53. The number of alkyl halides is 3. The Kier molecular flexibility index (Phi) is 5.90. The topological polar surface area (TPSA) is 63.2 Å². The molecule has 0 fully saturated rings. The standard InChI is InChI=1S/C20H20F3N3O3/c1-12(13-7-6-8-14(11-13)20(21,22)23)29-25-18-16-10-5-4-9-15(16)17(24-28-3)19(27)26(18)2/h4-12,18,25H,1-3H3. The lowest BCUT2D eigenvalue weighted by atomic mass is 9.95. The Morgan fingerprint density at radius 1 is 1.17 bits per heavy atom. The van der Waals surface area contributed by atoms with Crippen LogP contribution in [0.2, 0.25) is 0 Å². The van der Waals surface area contributed by atoms with Crippen molar-refractivity contribution in [2.24, 2.45) is 5.16 Å². The number of nitrogens with one attached hydrogen (secondary N) is 1. The van der Waals surface area contributed by atoms with Crippen LogP contribution < -0.4 is 5.48 Å². The lowest BCUT2D eigenvalue weighted by Gasteiger charge is -2.35. The highest BCUT2D eigenvalue weighted by atomic mass is 19.4. The SMILES string of the molecule is CON=C1C(=O)N(C)C(NOC(C)c2cccc(C(F)(F)F)c2)c2ccccc21. The van der Waals surface area contributed by atoms with Crippen molar-refractivity contribution in [3.63, 3.8) is 0 Å². The van der Waals surface area contributed by atoms with Gasteiger partial charge >= 0.3 is 6.18 Å². The number of hydroxylamine groups is 1. The summed E-state index contributed by atoms with van der Waals surface area (Å²) in [7, 11) is 2.92. The van der Waals surface area contributed by atoms with Crippen LogP contribution >= 0.6 is 0 Å². The summed E-state index contributed by atoms with van der Waals surface area (Å²) in [5, 5.41) is 3.82. The zero-order chi connectivity index (χ0) is 21.2. The number of amides is 1. The Morgan fingerprint density at radius 2 is 1.90 bits per heavy atom. The second-order valence-corrected chi connectivity index (χ2v) is 6.53. The molecule has 1 amide bonds. The molecule has 29 heavy (non-hydrogen) atoms. The maximum absolute atomic E-state index is 12.9. The van der Waals surface area contributed by atoms with Crippen LogP contribution in [0.1, 0.15) is 41.4 Å². The van der Waals surface area contributed by atoms with Crippen molar-refractivity contribution in [1.29, 1.82) is 0 Å². The summed E-state index contributed by atoms with van der Waals surface area (Å²) in [6.45, 7) is 1.62. The molecule has 3 rings (SSSR count). The maximum Gasteiger partial charge on any atom is 0.416 e. The van der Waals surface area contributed by atoms with Crippen LogP contribution in [0.4, 0.5) is 13.2 Å². The van der Waals surface area contributed by atoms with Crippen LogP contribution in [0.5, 0.6) is 0 Å². The van der Waals surface area contributed by atoms with Gasteiger partial charge in [-0.2, -0.15) is 18.7 Å². The molecule has 2 atom stereocenters. The van der Waals surface area contributed by atoms with Gasteiger partial charge < -0.3 is 9.74 Å². The number of carbonyl (C=O) groups is 1. The van der Waals surface area contributed by atoms with Gasteiger partial charge in [-0.3, -0.25) is 9.63 Å². The van der Waals surface area contributed by atoms with E-state index in [0.29, 0.717) is 11.1 Å². The normalized spacial score (nSPS) is 19.2. The van der Waals surface area contributed by atoms with Crippen LogP contribution in [0.25, 0.3) is 0 Å². The van der Waals surface area contributed by atoms with Gasteiger partial charge in [-0.05, 0) is 24.6 Å². The molecule has 0 radical (unpaired) electrons. The van der Waals surface area contributed by atoms with E-state index in [9.17, 15) is 18.0 Å². The van der Waals surface area contributed by atoms with Crippen molar-refractivity contribution in [1.82, 2.24) is 10.4 Å². The third kappa shape index (κ3) is 4.25. The van der Waals surface area contributed by atoms with E-state index in [4.69, 9.17) is 9.68 Å². The Morgan fingerprint density at radius 3 is 2.59 bits per heavy atom. The van der Waals surface area contributed by atoms with Crippen molar-refractivity contribution in [3.05, 3.63) is 70.8 Å². The molecule has 0 aliphatic carbocycles. The summed E-state index contributed by atoms with van der Waals surface area (Å²) in [4.78, 5) is 24.4. The number of fused-ring (bicyclic) bond motifs is 1. The molecule has 6 nitrogen and oxygen atoms in total. The molecule has 0 aromatic heterocycles. The Bertz CT molecular complexity index is 930. The minimum Gasteiger partial charge on any atom is -0.398 e. The number of rotatable bonds is 5. The van der Waals surface area contributed by atoms with E-state index in [-0.39, 0.29) is 11.6 Å². The molecule has 0 bridgehead atoms. The van der Waals surface area contributed by atoms with E-state index in [1.165, 1.54) is 18.1 Å². The summed E-state index contributed by atoms with van der Waals surface area (Å²) in [6.07, 6.45) is -5.78. The monoisotopic (exact) mass is 407 g/mol. The zero-order valence-electron chi connectivity index (χ0n) is 16.0. The lowest BCUT2D eigenvalue weighted by Crippen LogP contribution is -2.47. The number of oxime groups is 1. The first-order chi connectivity index (χ1) is 13.7. The first-order valence-corrected chi connectivity index (χ1v) is 8.80. The fourth-order valence-corrected chi connectivity index (χ4v) is 3.08. The second kappa shape index (κ2) is 8.22. The van der Waals surface area contributed by atoms with Gasteiger partial charge in [0, 0.05) is 18.2 Å². The fraction of sp³-hybridized carbons (Fsp3) is 0.300. The van der Waals surface area contributed by atoms with Crippen LogP contribution in [0, 0.1) is 0 Å². The van der Waals surface area contributed by atoms with Gasteiger partial charge in [0.25, 0.3) is 5.91 Å². The predicted octanol–water partition coefficient (Wildman–Crippen LogP) is 3.81. The molecule has 1 heterocycles. The van der Waals surface area contributed by atoms with Gasteiger partial charge in [0.05, 0.1) is 5.56 Å². The van der Waals surface area contributed by atoms with Crippen molar-refractivity contribution >= 4 is 11.6 Å². The minimum absolute atomic E-state index is 0.162. The highest BCUT2D eigenvalue weighted by Gasteiger charge is 2.36. The van der Waals surface area contributed by atoms with Crippen LogP contribution in [-0.4, -0.2) is 30.7 Å². The van der Waals surface area contributed by atoms with Gasteiger partial charge in [0.15, 0.2) is 5.71 Å². The first kappa shape index (κ1) is 20.8. The van der Waals surface area contributed by atoms with Crippen LogP contribution in [0.15, 0.2) is 53.7 Å². The lowest BCUT2D eigenvalue weighted by molar-refractivity contribution is -0.138. The Labute approximate surface area is 165 Å². The van der Waals surface area contributed by atoms with Crippen LogP contribution in [0.3, 0.4) is 0 Å². The molecule has 2 aromatic rings. The van der Waals surface area contributed by atoms with Gasteiger partial charge in [-0.25, -0.2) is 0 Å². The summed E-state index contributed by atoms with van der Waals surface area (Å²) in [6, 6.07) is 12.0. The summed E-state index contributed by atoms with van der Waals surface area (Å²) >= 11 is 0. The number of likely N-dealkylation sites (N-methyl/N-ethyl adjacent to an activating group) is 1. The fourth-order valence-electron chi connectivity index (χ4n) is 3.08. The quantitative estimate of drug-likeness (QED) is 0.766. The molecule has 1 N–H and O–H groups in total. The summed E-state index contributed by atoms with van der Waals surface area (Å²) in [5.41, 5.74) is 3.88. The van der Waals surface area contributed by atoms with E-state index >= 15 is 0 Å². The first-order valence-electron chi connectivity index (χ1n) is 8.80. The van der Waals surface area contributed by atoms with E-state index < -0.39 is 24.0 Å². The van der Waals surface area contributed by atoms with Crippen LogP contribution in [-0.2, 0) is 20.6 Å². The Balaban J connectivity index is 1.82. The average molecular weight is 407 g/mol. The van der Waals surface area contributed by atoms with Crippen molar-refractivity contribution < 1.29 is 27.6 Å². The van der Waals surface area contributed by atoms with Gasteiger partial charge in [0.1, 0.15) is 19.4 Å². The molecule has 0 spiro atoms. The minimum atomic E-state index is -4.44. The van der Waals surface area contributed by atoms with Crippen molar-refractivity contribution in [3.8, 4) is 0 Å². The van der Waals surface area contributed by atoms with E-state index in [1.54, 1.807) is 44.3 Å². The molecule has 1 aliphatic heterocycles. The van der Waals surface area contributed by atoms with Gasteiger partial charge in [-0.1, -0.05) is 41.6 Å². The number of benzene rings is 2. The molecule has 154 valence electrons. The number of halogens is 3. The van der Waals surface area contributed by atoms with Gasteiger partial charge in [-0.15, -0.1) is 0 Å². The molecule has 9 heteroatoms. The molecule has 0 saturated carbocycles. The molecule has 2 unspecified atom stereocenters. The van der Waals surface area contributed by atoms with E-state index in [1.807, 2.05) is 0 Å². The largest absolute Gasteiger partial charge is 0.416 e. The molecular formula is C20H20F3N3O3. The number of hydrogen-bond acceptors (Lipinski definition) is 5. The molecule has 1 aliphatic rings. The highest BCUT2D eigenvalue weighted by molar-refractivity contribution is 6.46. The van der Waals surface area contributed by atoms with Gasteiger partial charge in [0.2, 0.25) is 0 Å². The molecule has 2 aromatic carbocycles. The zero-order valence-corrected chi connectivity index (χ0v) is 16.0. The van der Waals surface area contributed by atoms with Crippen molar-refractivity contribution in [2.45, 2.75) is 25.4 Å². The third-order valence-electron chi connectivity index (χ3n) is 4.64. The number of carbonyl (C=O) groups excluding carboxylic acids is 1. The summed E-state index contributed by atoms with van der Waals surface area (Å²) in [5.74, 6) is -0.377. The number of nitrogens with zero attached hydrogens (tertiary/aromatic N) is 2. The maximum atomic E-state index is 12.9. The predicted molar refractivity (Wildman–Crippen MR) is 99.6 cm³/mol. The third-order valence-corrected chi connectivity index (χ3v) is 4.64. The molecular weight excluding hydrogens is 387 g/mol.